The molecule has 1 aliphatic carbocycles. The van der Waals surface area contributed by atoms with Gasteiger partial charge in [-0.05, 0) is 18.6 Å². The Kier molecular flexibility index (Phi) is 1.69. The van der Waals surface area contributed by atoms with Gasteiger partial charge in [0, 0.05) is 22.3 Å². The van der Waals surface area contributed by atoms with E-state index in [1.54, 1.807) is 18.2 Å². The van der Waals surface area contributed by atoms with Gasteiger partial charge in [-0.3, -0.25) is 4.79 Å². The number of carbonyl (C=O) groups is 1. The highest BCUT2D eigenvalue weighted by atomic mass is 16.3. The third-order valence-electron chi connectivity index (χ3n) is 3.05. The molecule has 78 valence electrons. The van der Waals surface area contributed by atoms with Crippen LogP contribution in [0.1, 0.15) is 21.5 Å². The lowest BCUT2D eigenvalue weighted by Gasteiger charge is -2.05. The maximum absolute atomic E-state index is 12.1. The van der Waals surface area contributed by atoms with Crippen LogP contribution in [0.2, 0.25) is 0 Å². The van der Waals surface area contributed by atoms with Crippen molar-refractivity contribution in [1.29, 1.82) is 0 Å². The summed E-state index contributed by atoms with van der Waals surface area (Å²) in [6.45, 7) is 1.95. The molecule has 2 aromatic rings. The molecule has 3 rings (SSSR count). The highest BCUT2D eigenvalue weighted by molar-refractivity contribution is 6.23. The fourth-order valence-electron chi connectivity index (χ4n) is 2.33. The minimum Gasteiger partial charge on any atom is -0.507 e. The second-order valence-corrected chi connectivity index (χ2v) is 4.03. The Balaban J connectivity index is 2.48. The summed E-state index contributed by atoms with van der Waals surface area (Å²) in [6.07, 6.45) is 0. The summed E-state index contributed by atoms with van der Waals surface area (Å²) in [4.78, 5) is 12.1. The van der Waals surface area contributed by atoms with Crippen molar-refractivity contribution in [3.8, 4) is 16.9 Å². The second-order valence-electron chi connectivity index (χ2n) is 4.03. The zero-order valence-electron chi connectivity index (χ0n) is 8.82. The zero-order chi connectivity index (χ0) is 11.3. The third-order valence-corrected chi connectivity index (χ3v) is 3.05. The number of phenolic OH excluding ortho intramolecular Hbond substituents is 1. The third kappa shape index (κ3) is 0.986. The first-order valence-electron chi connectivity index (χ1n) is 5.17. The molecule has 0 saturated carbocycles. The number of rotatable bonds is 0. The molecule has 1 N–H and O–H groups in total. The summed E-state index contributed by atoms with van der Waals surface area (Å²) < 4.78 is 0. The largest absolute Gasteiger partial charge is 0.507 e. The number of hydrogen-bond acceptors (Lipinski definition) is 2. The Morgan fingerprint density at radius 1 is 0.938 bits per heavy atom. The van der Waals surface area contributed by atoms with Crippen molar-refractivity contribution in [2.24, 2.45) is 0 Å². The molecule has 0 amide bonds. The standard InChI is InChI=1S/C14H10O2/c1-8-4-2-5-9-12(8)13-10(14(9)16)6-3-7-11(13)15/h2-7,15H,1H3. The van der Waals surface area contributed by atoms with E-state index in [1.165, 1.54) is 0 Å². The lowest BCUT2D eigenvalue weighted by molar-refractivity contribution is 0.104. The maximum atomic E-state index is 12.1. The molecule has 0 aromatic heterocycles. The van der Waals surface area contributed by atoms with E-state index in [-0.39, 0.29) is 11.5 Å². The van der Waals surface area contributed by atoms with Crippen LogP contribution in [0.3, 0.4) is 0 Å². The monoisotopic (exact) mass is 210 g/mol. The van der Waals surface area contributed by atoms with Gasteiger partial charge in [0.15, 0.2) is 5.78 Å². The smallest absolute Gasteiger partial charge is 0.194 e. The van der Waals surface area contributed by atoms with Gasteiger partial charge in [-0.2, -0.15) is 0 Å². The van der Waals surface area contributed by atoms with Crippen LogP contribution in [0.15, 0.2) is 36.4 Å². The first kappa shape index (κ1) is 9.16. The summed E-state index contributed by atoms with van der Waals surface area (Å²) in [5.74, 6) is 0.184. The van der Waals surface area contributed by atoms with Crippen LogP contribution in [0.25, 0.3) is 11.1 Å². The number of aromatic hydroxyl groups is 1. The van der Waals surface area contributed by atoms with Crippen molar-refractivity contribution < 1.29 is 9.90 Å². The number of benzene rings is 2. The summed E-state index contributed by atoms with van der Waals surface area (Å²) >= 11 is 0. The number of ketones is 1. The fourth-order valence-corrected chi connectivity index (χ4v) is 2.33. The first-order valence-corrected chi connectivity index (χ1v) is 5.17. The first-order chi connectivity index (χ1) is 7.70. The molecule has 1 aliphatic rings. The molecule has 0 atom stereocenters. The number of aryl methyl sites for hydroxylation is 1. The molecular formula is C14H10O2. The summed E-state index contributed by atoms with van der Waals surface area (Å²) in [6, 6.07) is 10.7. The Bertz CT molecular complexity index is 559. The van der Waals surface area contributed by atoms with Gasteiger partial charge in [-0.25, -0.2) is 0 Å². The van der Waals surface area contributed by atoms with Crippen LogP contribution in [0, 0.1) is 6.92 Å². The van der Waals surface area contributed by atoms with Crippen molar-refractivity contribution in [3.05, 3.63) is 53.1 Å². The minimum atomic E-state index is 0.00426. The van der Waals surface area contributed by atoms with E-state index in [9.17, 15) is 9.90 Å². The van der Waals surface area contributed by atoms with Gasteiger partial charge >= 0.3 is 0 Å². The van der Waals surface area contributed by atoms with E-state index in [0.717, 1.165) is 11.1 Å². The van der Waals surface area contributed by atoms with E-state index in [1.807, 2.05) is 25.1 Å². The topological polar surface area (TPSA) is 37.3 Å². The predicted molar refractivity (Wildman–Crippen MR) is 61.7 cm³/mol. The lowest BCUT2D eigenvalue weighted by Crippen LogP contribution is -1.94. The van der Waals surface area contributed by atoms with Crippen molar-refractivity contribution in [1.82, 2.24) is 0 Å². The Morgan fingerprint density at radius 3 is 2.31 bits per heavy atom. The average Bonchev–Trinajstić information content (AvgIpc) is 2.56. The van der Waals surface area contributed by atoms with Crippen LogP contribution < -0.4 is 0 Å². The Hall–Kier alpha value is -2.09. The van der Waals surface area contributed by atoms with Crippen molar-refractivity contribution in [2.45, 2.75) is 6.92 Å². The predicted octanol–water partition coefficient (Wildman–Crippen LogP) is 2.91. The molecule has 16 heavy (non-hydrogen) atoms. The Labute approximate surface area is 93.2 Å². The van der Waals surface area contributed by atoms with Crippen LogP contribution in [-0.4, -0.2) is 10.9 Å². The number of hydrogen-bond donors (Lipinski definition) is 1. The highest BCUT2D eigenvalue weighted by Gasteiger charge is 2.29. The fraction of sp³-hybridized carbons (Fsp3) is 0.0714. The van der Waals surface area contributed by atoms with Gasteiger partial charge in [-0.15, -0.1) is 0 Å². The van der Waals surface area contributed by atoms with Gasteiger partial charge in [0.25, 0.3) is 0 Å². The number of fused-ring (bicyclic) bond motifs is 3. The summed E-state index contributed by atoms with van der Waals surface area (Å²) in [5, 5.41) is 9.87. The molecule has 0 unspecified atom stereocenters. The molecule has 0 heterocycles. The molecule has 0 bridgehead atoms. The molecule has 2 aromatic carbocycles. The van der Waals surface area contributed by atoms with Gasteiger partial charge < -0.3 is 5.11 Å². The van der Waals surface area contributed by atoms with Crippen molar-refractivity contribution >= 4 is 5.78 Å². The molecule has 0 spiro atoms. The van der Waals surface area contributed by atoms with Gasteiger partial charge in [0.2, 0.25) is 0 Å². The summed E-state index contributed by atoms with van der Waals surface area (Å²) in [5.41, 5.74) is 3.87. The normalized spacial score (nSPS) is 12.4. The minimum absolute atomic E-state index is 0.00426. The van der Waals surface area contributed by atoms with Crippen LogP contribution in [-0.2, 0) is 0 Å². The summed E-state index contributed by atoms with van der Waals surface area (Å²) in [7, 11) is 0. The van der Waals surface area contributed by atoms with Crippen LogP contribution in [0.5, 0.6) is 5.75 Å². The second kappa shape index (κ2) is 2.95. The number of phenols is 1. The van der Waals surface area contributed by atoms with Crippen molar-refractivity contribution in [2.75, 3.05) is 0 Å². The maximum Gasteiger partial charge on any atom is 0.194 e. The average molecular weight is 210 g/mol. The van der Waals surface area contributed by atoms with Gasteiger partial charge in [0.05, 0.1) is 0 Å². The van der Waals surface area contributed by atoms with Gasteiger partial charge in [0.1, 0.15) is 5.75 Å². The van der Waals surface area contributed by atoms with E-state index >= 15 is 0 Å². The molecule has 0 aliphatic heterocycles. The number of carbonyl (C=O) groups excluding carboxylic acids is 1. The quantitative estimate of drug-likeness (QED) is 0.619. The van der Waals surface area contributed by atoms with E-state index in [2.05, 4.69) is 0 Å². The molecule has 0 fully saturated rings. The zero-order valence-corrected chi connectivity index (χ0v) is 8.82. The van der Waals surface area contributed by atoms with Crippen LogP contribution >= 0.6 is 0 Å². The van der Waals surface area contributed by atoms with E-state index in [4.69, 9.17) is 0 Å². The lowest BCUT2D eigenvalue weighted by atomic mass is 10.00. The SMILES string of the molecule is Cc1cccc2c1-c1c(O)cccc1C2=O. The highest BCUT2D eigenvalue weighted by Crippen LogP contribution is 2.43. The molecular weight excluding hydrogens is 200 g/mol. The van der Waals surface area contributed by atoms with Crippen LogP contribution in [0.4, 0.5) is 0 Å². The van der Waals surface area contributed by atoms with Crippen molar-refractivity contribution in [3.63, 3.8) is 0 Å². The molecule has 0 saturated heterocycles. The molecule has 2 heteroatoms. The van der Waals surface area contributed by atoms with Gasteiger partial charge in [-0.1, -0.05) is 30.3 Å². The van der Waals surface area contributed by atoms with E-state index in [0.29, 0.717) is 16.7 Å². The molecule has 2 nitrogen and oxygen atoms in total. The Morgan fingerprint density at radius 2 is 1.56 bits per heavy atom. The van der Waals surface area contributed by atoms with E-state index < -0.39 is 0 Å². The molecule has 0 radical (unpaired) electrons.